The van der Waals surface area contributed by atoms with E-state index in [0.717, 1.165) is 19.3 Å². The van der Waals surface area contributed by atoms with E-state index in [4.69, 9.17) is 14.0 Å². The number of hydrogen-bond acceptors (Lipinski definition) is 6. The van der Waals surface area contributed by atoms with Gasteiger partial charge in [-0.1, -0.05) is 19.8 Å². The Balaban J connectivity index is 2.22. The Morgan fingerprint density at radius 2 is 1.67 bits per heavy atom. The van der Waals surface area contributed by atoms with Crippen LogP contribution < -0.4 is 16.0 Å². The molecular formula is C26H48BN3O6. The SMILES string of the molecule is CCCCNC(=O)C1(NC(C)=O)CC(CCB2OC(C)(C)C(C)(C)O2)CC(NC(=O)OC(C)(C)C)C1. The molecule has 3 amide bonds. The molecule has 1 aliphatic heterocycles. The number of ether oxygens (including phenoxy) is 1. The molecule has 0 aromatic heterocycles. The highest BCUT2D eigenvalue weighted by Crippen LogP contribution is 2.41. The lowest BCUT2D eigenvalue weighted by molar-refractivity contribution is -0.135. The van der Waals surface area contributed by atoms with Crippen molar-refractivity contribution in [3.8, 4) is 0 Å². The second-order valence-electron chi connectivity index (χ2n) is 12.5. The number of amides is 3. The van der Waals surface area contributed by atoms with Gasteiger partial charge in [0.1, 0.15) is 11.1 Å². The first-order chi connectivity index (χ1) is 16.5. The van der Waals surface area contributed by atoms with Crippen LogP contribution in [0.2, 0.25) is 6.32 Å². The summed E-state index contributed by atoms with van der Waals surface area (Å²) in [6, 6.07) is -0.333. The number of hydrogen-bond donors (Lipinski definition) is 3. The molecule has 9 nitrogen and oxygen atoms in total. The van der Waals surface area contributed by atoms with Crippen LogP contribution in [0.1, 0.15) is 101 Å². The van der Waals surface area contributed by atoms with Crippen LogP contribution in [-0.4, -0.2) is 60.0 Å². The van der Waals surface area contributed by atoms with Gasteiger partial charge in [-0.15, -0.1) is 0 Å². The molecule has 2 aliphatic rings. The quantitative estimate of drug-likeness (QED) is 0.320. The van der Waals surface area contributed by atoms with Gasteiger partial charge in [0, 0.05) is 19.5 Å². The van der Waals surface area contributed by atoms with Crippen molar-refractivity contribution in [2.75, 3.05) is 6.54 Å². The molecule has 1 aliphatic carbocycles. The van der Waals surface area contributed by atoms with E-state index in [1.165, 1.54) is 6.92 Å². The van der Waals surface area contributed by atoms with Crippen molar-refractivity contribution >= 4 is 25.0 Å². The topological polar surface area (TPSA) is 115 Å². The molecule has 3 unspecified atom stereocenters. The fourth-order valence-corrected chi connectivity index (χ4v) is 5.05. The molecule has 36 heavy (non-hydrogen) atoms. The molecule has 0 bridgehead atoms. The van der Waals surface area contributed by atoms with Crippen LogP contribution in [0.3, 0.4) is 0 Å². The molecule has 2 fully saturated rings. The first-order valence-corrected chi connectivity index (χ1v) is 13.4. The second-order valence-corrected chi connectivity index (χ2v) is 12.5. The van der Waals surface area contributed by atoms with E-state index in [2.05, 4.69) is 22.9 Å². The minimum atomic E-state index is -1.11. The smallest absolute Gasteiger partial charge is 0.444 e. The maximum Gasteiger partial charge on any atom is 0.457 e. The van der Waals surface area contributed by atoms with Crippen LogP contribution in [0.5, 0.6) is 0 Å². The van der Waals surface area contributed by atoms with E-state index in [-0.39, 0.29) is 30.9 Å². The number of alkyl carbamates (subject to hydrolysis) is 1. The Labute approximate surface area is 217 Å². The molecule has 1 saturated heterocycles. The Kier molecular flexibility index (Phi) is 9.90. The molecular weight excluding hydrogens is 461 g/mol. The molecule has 1 heterocycles. The molecule has 3 atom stereocenters. The molecule has 0 aromatic carbocycles. The summed E-state index contributed by atoms with van der Waals surface area (Å²) in [6.07, 6.45) is 4.12. The number of carbonyl (C=O) groups excluding carboxylic acids is 3. The van der Waals surface area contributed by atoms with E-state index < -0.39 is 28.4 Å². The number of nitrogens with one attached hydrogen (secondary N) is 3. The number of unbranched alkanes of at least 4 members (excludes halogenated alkanes) is 1. The Hall–Kier alpha value is -1.81. The van der Waals surface area contributed by atoms with Crippen LogP contribution in [-0.2, 0) is 23.6 Å². The van der Waals surface area contributed by atoms with Crippen LogP contribution >= 0.6 is 0 Å². The summed E-state index contributed by atoms with van der Waals surface area (Å²) in [4.78, 5) is 38.3. The molecule has 1 saturated carbocycles. The summed E-state index contributed by atoms with van der Waals surface area (Å²) >= 11 is 0. The van der Waals surface area contributed by atoms with Gasteiger partial charge in [0.25, 0.3) is 0 Å². The van der Waals surface area contributed by atoms with Crippen molar-refractivity contribution in [1.29, 1.82) is 0 Å². The normalized spacial score (nSPS) is 27.3. The third kappa shape index (κ3) is 8.37. The molecule has 3 N–H and O–H groups in total. The summed E-state index contributed by atoms with van der Waals surface area (Å²) in [6.45, 7) is 17.5. The standard InChI is InChI=1S/C26H48BN3O6/c1-10-11-14-28-21(32)26(30-18(2)31)16-19(12-13-27-35-24(6,7)25(8,9)36-27)15-20(17-26)29-22(33)34-23(3,4)5/h19-20H,10-17H2,1-9H3,(H,28,32)(H,29,33)(H,30,31). The van der Waals surface area contributed by atoms with Crippen LogP contribution in [0.15, 0.2) is 0 Å². The maximum absolute atomic E-state index is 13.4. The maximum atomic E-state index is 13.4. The van der Waals surface area contributed by atoms with E-state index in [1.54, 1.807) is 0 Å². The van der Waals surface area contributed by atoms with Gasteiger partial charge >= 0.3 is 13.2 Å². The number of rotatable bonds is 9. The van der Waals surface area contributed by atoms with Crippen LogP contribution in [0, 0.1) is 5.92 Å². The first kappa shape index (κ1) is 30.4. The van der Waals surface area contributed by atoms with Gasteiger partial charge in [-0.3, -0.25) is 9.59 Å². The minimum absolute atomic E-state index is 0.0569. The van der Waals surface area contributed by atoms with Gasteiger partial charge in [-0.2, -0.15) is 0 Å². The Bertz CT molecular complexity index is 781. The molecule has 10 heteroatoms. The highest BCUT2D eigenvalue weighted by molar-refractivity contribution is 6.45. The third-order valence-electron chi connectivity index (χ3n) is 7.35. The van der Waals surface area contributed by atoms with Gasteiger partial charge < -0.3 is 30.0 Å². The average molecular weight is 509 g/mol. The van der Waals surface area contributed by atoms with Crippen molar-refractivity contribution in [3.63, 3.8) is 0 Å². The lowest BCUT2D eigenvalue weighted by atomic mass is 9.68. The van der Waals surface area contributed by atoms with Crippen LogP contribution in [0.25, 0.3) is 0 Å². The summed E-state index contributed by atoms with van der Waals surface area (Å²) < 4.78 is 17.8. The molecule has 2 rings (SSSR count). The Morgan fingerprint density at radius 3 is 2.19 bits per heavy atom. The largest absolute Gasteiger partial charge is 0.457 e. The zero-order valence-electron chi connectivity index (χ0n) is 23.8. The predicted octanol–water partition coefficient (Wildman–Crippen LogP) is 3.95. The zero-order valence-corrected chi connectivity index (χ0v) is 23.8. The average Bonchev–Trinajstić information content (AvgIpc) is 2.90. The lowest BCUT2D eigenvalue weighted by Gasteiger charge is -2.44. The van der Waals surface area contributed by atoms with Gasteiger partial charge in [-0.25, -0.2) is 4.79 Å². The summed E-state index contributed by atoms with van der Waals surface area (Å²) in [5.41, 5.74) is -2.58. The minimum Gasteiger partial charge on any atom is -0.444 e. The van der Waals surface area contributed by atoms with Gasteiger partial charge in [0.15, 0.2) is 0 Å². The molecule has 0 radical (unpaired) electrons. The molecule has 0 spiro atoms. The van der Waals surface area contributed by atoms with E-state index >= 15 is 0 Å². The molecule has 206 valence electrons. The van der Waals surface area contributed by atoms with Crippen molar-refractivity contribution in [2.45, 2.75) is 136 Å². The van der Waals surface area contributed by atoms with Gasteiger partial charge in [0.05, 0.1) is 11.2 Å². The second kappa shape index (κ2) is 11.7. The van der Waals surface area contributed by atoms with E-state index in [0.29, 0.717) is 32.1 Å². The van der Waals surface area contributed by atoms with Crippen molar-refractivity contribution in [1.82, 2.24) is 16.0 Å². The van der Waals surface area contributed by atoms with Crippen LogP contribution in [0.4, 0.5) is 4.79 Å². The lowest BCUT2D eigenvalue weighted by Crippen LogP contribution is -2.64. The summed E-state index contributed by atoms with van der Waals surface area (Å²) in [5.74, 6) is -0.424. The van der Waals surface area contributed by atoms with Crippen molar-refractivity contribution in [2.24, 2.45) is 5.92 Å². The van der Waals surface area contributed by atoms with Gasteiger partial charge in [0.2, 0.25) is 11.8 Å². The number of carbonyl (C=O) groups is 3. The predicted molar refractivity (Wildman–Crippen MR) is 140 cm³/mol. The summed E-state index contributed by atoms with van der Waals surface area (Å²) in [7, 11) is -0.345. The highest BCUT2D eigenvalue weighted by atomic mass is 16.7. The monoisotopic (exact) mass is 509 g/mol. The first-order valence-electron chi connectivity index (χ1n) is 13.4. The zero-order chi connectivity index (χ0) is 27.4. The van der Waals surface area contributed by atoms with Crippen molar-refractivity contribution in [3.05, 3.63) is 0 Å². The molecule has 0 aromatic rings. The van der Waals surface area contributed by atoms with E-state index in [1.807, 2.05) is 48.5 Å². The fourth-order valence-electron chi connectivity index (χ4n) is 5.05. The third-order valence-corrected chi connectivity index (χ3v) is 7.35. The fraction of sp³-hybridized carbons (Fsp3) is 0.885. The van der Waals surface area contributed by atoms with E-state index in [9.17, 15) is 14.4 Å². The van der Waals surface area contributed by atoms with Crippen molar-refractivity contribution < 1.29 is 28.4 Å². The Morgan fingerprint density at radius 1 is 1.06 bits per heavy atom. The van der Waals surface area contributed by atoms with Gasteiger partial charge in [-0.05, 0) is 86.4 Å². The summed E-state index contributed by atoms with van der Waals surface area (Å²) in [5, 5.41) is 8.91. The highest BCUT2D eigenvalue weighted by Gasteiger charge is 2.52.